The van der Waals surface area contributed by atoms with Crippen LogP contribution in [0.25, 0.3) is 0 Å². The zero-order valence-corrected chi connectivity index (χ0v) is 17.9. The predicted octanol–water partition coefficient (Wildman–Crippen LogP) is 3.70. The van der Waals surface area contributed by atoms with Gasteiger partial charge in [-0.3, -0.25) is 9.69 Å². The molecule has 1 unspecified atom stereocenters. The summed E-state index contributed by atoms with van der Waals surface area (Å²) in [5.74, 6) is -0.295. The number of piperazine rings is 1. The van der Waals surface area contributed by atoms with E-state index in [1.807, 2.05) is 19.1 Å². The number of aryl methyl sites for hydroxylation is 1. The number of nitro groups is 1. The second-order valence-electron chi connectivity index (χ2n) is 7.11. The normalized spacial score (nSPS) is 16.1. The Hall–Kier alpha value is -2.16. The Morgan fingerprint density at radius 2 is 1.93 bits per heavy atom. The van der Waals surface area contributed by atoms with Crippen molar-refractivity contribution in [1.82, 2.24) is 19.6 Å². The standard InChI is InChI=1S/C19H23Cl2N5O3/c1-3-17(25-13(2)10-18(22-25)26(28)29)19(27)24-8-6-23(7-9-24)12-14-4-5-15(20)11-16(14)21/h4-5,10-11,17H,3,6-9,12H2,1-2H3. The molecule has 1 aromatic carbocycles. The lowest BCUT2D eigenvalue weighted by Gasteiger charge is -2.36. The Kier molecular flexibility index (Phi) is 6.77. The van der Waals surface area contributed by atoms with Gasteiger partial charge >= 0.3 is 5.82 Å². The molecule has 3 rings (SSSR count). The Balaban J connectivity index is 1.63. The smallest absolute Gasteiger partial charge is 0.358 e. The molecule has 156 valence electrons. The van der Waals surface area contributed by atoms with Crippen molar-refractivity contribution in [3.05, 3.63) is 55.7 Å². The molecular formula is C19H23Cl2N5O3. The Morgan fingerprint density at radius 3 is 2.48 bits per heavy atom. The highest BCUT2D eigenvalue weighted by atomic mass is 35.5. The van der Waals surface area contributed by atoms with Crippen LogP contribution in [0.15, 0.2) is 24.3 Å². The SMILES string of the molecule is CCC(C(=O)N1CCN(Cc2ccc(Cl)cc2Cl)CC1)n1nc([N+](=O)[O-])cc1C. The summed E-state index contributed by atoms with van der Waals surface area (Å²) in [6.45, 7) is 6.92. The van der Waals surface area contributed by atoms with Gasteiger partial charge in [0.05, 0.1) is 16.9 Å². The van der Waals surface area contributed by atoms with Crippen molar-refractivity contribution >= 4 is 34.9 Å². The van der Waals surface area contributed by atoms with Crippen LogP contribution in [0.2, 0.25) is 10.0 Å². The van der Waals surface area contributed by atoms with Crippen molar-refractivity contribution in [1.29, 1.82) is 0 Å². The summed E-state index contributed by atoms with van der Waals surface area (Å²) >= 11 is 12.2. The molecular weight excluding hydrogens is 417 g/mol. The van der Waals surface area contributed by atoms with Crippen LogP contribution in [0.4, 0.5) is 5.82 Å². The molecule has 1 aliphatic rings. The van der Waals surface area contributed by atoms with E-state index in [-0.39, 0.29) is 11.7 Å². The number of hydrogen-bond donors (Lipinski definition) is 0. The van der Waals surface area contributed by atoms with Crippen LogP contribution in [-0.2, 0) is 11.3 Å². The van der Waals surface area contributed by atoms with Gasteiger partial charge in [-0.25, -0.2) is 0 Å². The molecule has 1 atom stereocenters. The van der Waals surface area contributed by atoms with Crippen molar-refractivity contribution in [2.24, 2.45) is 0 Å². The number of amides is 1. The van der Waals surface area contributed by atoms with Crippen LogP contribution in [0.1, 0.15) is 30.6 Å². The van der Waals surface area contributed by atoms with Gasteiger partial charge in [-0.1, -0.05) is 36.2 Å². The molecule has 2 aromatic rings. The number of nitrogens with zero attached hydrogens (tertiary/aromatic N) is 5. The fourth-order valence-corrected chi connectivity index (χ4v) is 4.02. The van der Waals surface area contributed by atoms with E-state index in [0.717, 1.165) is 18.7 Å². The molecule has 1 fully saturated rings. The average molecular weight is 440 g/mol. The highest BCUT2D eigenvalue weighted by molar-refractivity contribution is 6.35. The van der Waals surface area contributed by atoms with Crippen LogP contribution in [0, 0.1) is 17.0 Å². The van der Waals surface area contributed by atoms with Gasteiger partial charge in [-0.15, -0.1) is 0 Å². The maximum Gasteiger partial charge on any atom is 0.390 e. The molecule has 8 nitrogen and oxygen atoms in total. The van der Waals surface area contributed by atoms with E-state index < -0.39 is 11.0 Å². The van der Waals surface area contributed by atoms with Crippen molar-refractivity contribution in [3.63, 3.8) is 0 Å². The van der Waals surface area contributed by atoms with E-state index >= 15 is 0 Å². The van der Waals surface area contributed by atoms with Gasteiger partial charge in [0.15, 0.2) is 6.04 Å². The number of carbonyl (C=O) groups is 1. The molecule has 0 spiro atoms. The first-order valence-electron chi connectivity index (χ1n) is 9.45. The maximum absolute atomic E-state index is 13.1. The van der Waals surface area contributed by atoms with Gasteiger partial charge in [0, 0.05) is 42.8 Å². The van der Waals surface area contributed by atoms with Gasteiger partial charge in [0.1, 0.15) is 0 Å². The lowest BCUT2D eigenvalue weighted by atomic mass is 10.1. The molecule has 10 heteroatoms. The Labute approximate surface area is 179 Å². The van der Waals surface area contributed by atoms with E-state index in [9.17, 15) is 14.9 Å². The van der Waals surface area contributed by atoms with Gasteiger partial charge in [-0.2, -0.15) is 4.68 Å². The quantitative estimate of drug-likeness (QED) is 0.505. The second kappa shape index (κ2) is 9.11. The number of benzene rings is 1. The van der Waals surface area contributed by atoms with Crippen molar-refractivity contribution in [2.75, 3.05) is 26.2 Å². The minimum absolute atomic E-state index is 0.0576. The number of rotatable bonds is 6. The van der Waals surface area contributed by atoms with E-state index in [0.29, 0.717) is 41.8 Å². The summed E-state index contributed by atoms with van der Waals surface area (Å²) in [5.41, 5.74) is 1.61. The Bertz CT molecular complexity index is 909. The van der Waals surface area contributed by atoms with E-state index in [2.05, 4.69) is 10.00 Å². The molecule has 1 amide bonds. The molecule has 0 saturated carbocycles. The third-order valence-corrected chi connectivity index (χ3v) is 5.74. The molecule has 1 aromatic heterocycles. The van der Waals surface area contributed by atoms with Gasteiger partial charge < -0.3 is 15.0 Å². The first-order chi connectivity index (χ1) is 13.8. The molecule has 0 radical (unpaired) electrons. The zero-order chi connectivity index (χ0) is 21.1. The average Bonchev–Trinajstić information content (AvgIpc) is 3.07. The molecule has 0 aliphatic carbocycles. The predicted molar refractivity (Wildman–Crippen MR) is 111 cm³/mol. The summed E-state index contributed by atoms with van der Waals surface area (Å²) in [7, 11) is 0. The van der Waals surface area contributed by atoms with Crippen LogP contribution in [-0.4, -0.2) is 56.6 Å². The van der Waals surface area contributed by atoms with Crippen LogP contribution < -0.4 is 0 Å². The topological polar surface area (TPSA) is 84.5 Å². The molecule has 0 N–H and O–H groups in total. The van der Waals surface area contributed by atoms with Gasteiger partial charge in [0.2, 0.25) is 5.91 Å². The number of aromatic nitrogens is 2. The zero-order valence-electron chi connectivity index (χ0n) is 16.3. The summed E-state index contributed by atoms with van der Waals surface area (Å²) in [4.78, 5) is 27.6. The number of hydrogen-bond acceptors (Lipinski definition) is 5. The van der Waals surface area contributed by atoms with Crippen LogP contribution in [0.5, 0.6) is 0 Å². The van der Waals surface area contributed by atoms with Crippen LogP contribution in [0.3, 0.4) is 0 Å². The molecule has 0 bridgehead atoms. The van der Waals surface area contributed by atoms with E-state index in [1.54, 1.807) is 17.9 Å². The third-order valence-electron chi connectivity index (χ3n) is 5.16. The fourth-order valence-electron chi connectivity index (χ4n) is 3.56. The first-order valence-corrected chi connectivity index (χ1v) is 10.2. The monoisotopic (exact) mass is 439 g/mol. The summed E-state index contributed by atoms with van der Waals surface area (Å²) in [6, 6.07) is 6.32. The molecule has 2 heterocycles. The molecule has 29 heavy (non-hydrogen) atoms. The number of carbonyl (C=O) groups excluding carboxylic acids is 1. The molecule has 1 aliphatic heterocycles. The van der Waals surface area contributed by atoms with E-state index in [1.165, 1.54) is 10.7 Å². The summed E-state index contributed by atoms with van der Waals surface area (Å²) in [6.07, 6.45) is 0.513. The van der Waals surface area contributed by atoms with Crippen molar-refractivity contribution in [2.45, 2.75) is 32.9 Å². The largest absolute Gasteiger partial charge is 0.390 e. The van der Waals surface area contributed by atoms with Crippen LogP contribution >= 0.6 is 23.2 Å². The third kappa shape index (κ3) is 4.88. The van der Waals surface area contributed by atoms with Gasteiger partial charge in [0.25, 0.3) is 0 Å². The molecule has 1 saturated heterocycles. The lowest BCUT2D eigenvalue weighted by molar-refractivity contribution is -0.389. The minimum Gasteiger partial charge on any atom is -0.358 e. The maximum atomic E-state index is 13.1. The summed E-state index contributed by atoms with van der Waals surface area (Å²) in [5, 5.41) is 16.3. The lowest BCUT2D eigenvalue weighted by Crippen LogP contribution is -2.50. The van der Waals surface area contributed by atoms with Gasteiger partial charge in [-0.05, 0) is 36.0 Å². The number of halogens is 2. The Morgan fingerprint density at radius 1 is 1.24 bits per heavy atom. The van der Waals surface area contributed by atoms with Crippen molar-refractivity contribution in [3.8, 4) is 0 Å². The fraction of sp³-hybridized carbons (Fsp3) is 0.474. The first kappa shape index (κ1) is 21.5. The minimum atomic E-state index is -0.541. The second-order valence-corrected chi connectivity index (χ2v) is 7.95. The highest BCUT2D eigenvalue weighted by Gasteiger charge is 2.32. The van der Waals surface area contributed by atoms with Crippen molar-refractivity contribution < 1.29 is 9.72 Å². The summed E-state index contributed by atoms with van der Waals surface area (Å²) < 4.78 is 1.47. The van der Waals surface area contributed by atoms with E-state index in [4.69, 9.17) is 23.2 Å². The highest BCUT2D eigenvalue weighted by Crippen LogP contribution is 2.24.